The summed E-state index contributed by atoms with van der Waals surface area (Å²) < 4.78 is 5.47. The van der Waals surface area contributed by atoms with Crippen molar-refractivity contribution < 1.29 is 19.4 Å². The average molecular weight is 303 g/mol. The molecule has 1 atom stereocenters. The lowest BCUT2D eigenvalue weighted by molar-refractivity contribution is -0.143. The Hall–Kier alpha value is -2.04. The van der Waals surface area contributed by atoms with Gasteiger partial charge in [-0.3, -0.25) is 9.59 Å². The van der Waals surface area contributed by atoms with Crippen LogP contribution < -0.4 is 4.74 Å². The quantitative estimate of drug-likeness (QED) is 0.871. The van der Waals surface area contributed by atoms with Gasteiger partial charge in [0.05, 0.1) is 18.9 Å². The number of aliphatic carboxylic acids is 1. The van der Waals surface area contributed by atoms with E-state index in [2.05, 4.69) is 0 Å². The Morgan fingerprint density at radius 1 is 1.41 bits per heavy atom. The molecule has 0 spiro atoms. The van der Waals surface area contributed by atoms with Crippen LogP contribution in [0.2, 0.25) is 0 Å². The number of carboxylic acids is 1. The number of benzene rings is 1. The highest BCUT2D eigenvalue weighted by Crippen LogP contribution is 2.29. The summed E-state index contributed by atoms with van der Waals surface area (Å²) in [6, 6.07) is 6.11. The van der Waals surface area contributed by atoms with Crippen LogP contribution in [0.3, 0.4) is 0 Å². The van der Waals surface area contributed by atoms with Gasteiger partial charge in [0.1, 0.15) is 5.75 Å². The summed E-state index contributed by atoms with van der Waals surface area (Å²) in [6.07, 6.45) is 3.18. The molecule has 1 unspecified atom stereocenters. The minimum atomic E-state index is -0.854. The fourth-order valence-electron chi connectivity index (χ4n) is 2.84. The molecule has 0 bridgehead atoms. The summed E-state index contributed by atoms with van der Waals surface area (Å²) in [5.74, 6) is -0.449. The Balaban J connectivity index is 1.67. The highest BCUT2D eigenvalue weighted by Gasteiger charge is 2.34. The van der Waals surface area contributed by atoms with Crippen molar-refractivity contribution in [3.63, 3.8) is 0 Å². The summed E-state index contributed by atoms with van der Waals surface area (Å²) >= 11 is 0. The minimum absolute atomic E-state index is 0.0227. The molecule has 0 radical (unpaired) electrons. The molecule has 1 aromatic carbocycles. The van der Waals surface area contributed by atoms with Crippen molar-refractivity contribution in [1.82, 2.24) is 4.90 Å². The zero-order valence-electron chi connectivity index (χ0n) is 12.7. The molecule has 3 rings (SSSR count). The van der Waals surface area contributed by atoms with Crippen LogP contribution in [0.25, 0.3) is 0 Å². The number of hydrogen-bond donors (Lipinski definition) is 1. The number of hydrogen-bond acceptors (Lipinski definition) is 3. The molecular formula is C17H21NO4. The Morgan fingerprint density at radius 2 is 2.18 bits per heavy atom. The van der Waals surface area contributed by atoms with Gasteiger partial charge in [-0.05, 0) is 30.0 Å². The van der Waals surface area contributed by atoms with Gasteiger partial charge in [0.15, 0.2) is 0 Å². The molecule has 1 aliphatic carbocycles. The van der Waals surface area contributed by atoms with Crippen molar-refractivity contribution >= 4 is 11.9 Å². The largest absolute Gasteiger partial charge is 0.493 e. The normalized spacial score (nSPS) is 17.5. The number of rotatable bonds is 6. The van der Waals surface area contributed by atoms with Crippen LogP contribution >= 0.6 is 0 Å². The summed E-state index contributed by atoms with van der Waals surface area (Å²) in [7, 11) is 0. The highest BCUT2D eigenvalue weighted by molar-refractivity contribution is 5.80. The van der Waals surface area contributed by atoms with Gasteiger partial charge in [-0.15, -0.1) is 0 Å². The Kier molecular flexibility index (Phi) is 4.05. The predicted molar refractivity (Wildman–Crippen MR) is 80.9 cm³/mol. The molecular weight excluding hydrogens is 282 g/mol. The first kappa shape index (κ1) is 14.9. The molecule has 1 N–H and O–H groups in total. The Bertz CT molecular complexity index is 594. The molecule has 1 aromatic rings. The smallest absolute Gasteiger partial charge is 0.308 e. The number of carboxylic acid groups (broad SMARTS) is 1. The van der Waals surface area contributed by atoms with Crippen molar-refractivity contribution in [2.45, 2.75) is 38.6 Å². The predicted octanol–water partition coefficient (Wildman–Crippen LogP) is 1.88. The van der Waals surface area contributed by atoms with Crippen molar-refractivity contribution in [3.8, 4) is 5.75 Å². The van der Waals surface area contributed by atoms with E-state index in [0.717, 1.165) is 36.1 Å². The topological polar surface area (TPSA) is 66.8 Å². The molecule has 0 saturated heterocycles. The van der Waals surface area contributed by atoms with Gasteiger partial charge in [0.25, 0.3) is 0 Å². The standard InChI is InChI=1S/C17H21NO4/c1-11(17(20)21)10-18(14-3-4-14)16(19)9-12-2-5-15-13(8-12)6-7-22-15/h2,5,8,11,14H,3-4,6-7,9-10H2,1H3,(H,20,21). The van der Waals surface area contributed by atoms with Crippen LogP contribution in [0, 0.1) is 5.92 Å². The third kappa shape index (κ3) is 3.24. The summed E-state index contributed by atoms with van der Waals surface area (Å²) in [4.78, 5) is 25.3. The van der Waals surface area contributed by atoms with Gasteiger partial charge in [-0.1, -0.05) is 19.1 Å². The van der Waals surface area contributed by atoms with Crippen molar-refractivity contribution in [2.24, 2.45) is 5.92 Å². The van der Waals surface area contributed by atoms with Crippen molar-refractivity contribution in [3.05, 3.63) is 29.3 Å². The van der Waals surface area contributed by atoms with Crippen LogP contribution in [0.4, 0.5) is 0 Å². The monoisotopic (exact) mass is 303 g/mol. The number of fused-ring (bicyclic) bond motifs is 1. The van der Waals surface area contributed by atoms with Crippen LogP contribution in [0.15, 0.2) is 18.2 Å². The molecule has 1 heterocycles. The SMILES string of the molecule is CC(CN(C(=O)Cc1ccc2c(c1)CCO2)C1CC1)C(=O)O. The molecule has 1 saturated carbocycles. The number of carbonyl (C=O) groups is 2. The second-order valence-corrected chi connectivity index (χ2v) is 6.23. The number of amides is 1. The lowest BCUT2D eigenvalue weighted by atomic mass is 10.0. The summed E-state index contributed by atoms with van der Waals surface area (Å²) in [5.41, 5.74) is 2.13. The van der Waals surface area contributed by atoms with E-state index in [4.69, 9.17) is 9.84 Å². The first-order valence-corrected chi connectivity index (χ1v) is 7.81. The van der Waals surface area contributed by atoms with E-state index in [1.54, 1.807) is 11.8 Å². The second-order valence-electron chi connectivity index (χ2n) is 6.23. The molecule has 0 aromatic heterocycles. The fraction of sp³-hybridized carbons (Fsp3) is 0.529. The zero-order chi connectivity index (χ0) is 15.7. The Morgan fingerprint density at radius 3 is 2.86 bits per heavy atom. The minimum Gasteiger partial charge on any atom is -0.493 e. The van der Waals surface area contributed by atoms with Gasteiger partial charge in [0, 0.05) is 19.0 Å². The first-order chi connectivity index (χ1) is 10.5. The van der Waals surface area contributed by atoms with E-state index >= 15 is 0 Å². The van der Waals surface area contributed by atoms with Crippen LogP contribution in [-0.4, -0.2) is 41.1 Å². The van der Waals surface area contributed by atoms with Gasteiger partial charge >= 0.3 is 5.97 Å². The number of carbonyl (C=O) groups excluding carboxylic acids is 1. The van der Waals surface area contributed by atoms with E-state index in [1.165, 1.54) is 0 Å². The molecule has 5 heteroatoms. The lowest BCUT2D eigenvalue weighted by Gasteiger charge is -2.24. The number of ether oxygens (including phenoxy) is 1. The summed E-state index contributed by atoms with van der Waals surface area (Å²) in [6.45, 7) is 2.65. The second kappa shape index (κ2) is 5.99. The van der Waals surface area contributed by atoms with Crippen LogP contribution in [-0.2, 0) is 22.4 Å². The van der Waals surface area contributed by atoms with Gasteiger partial charge < -0.3 is 14.7 Å². The van der Waals surface area contributed by atoms with E-state index in [1.807, 2.05) is 18.2 Å². The fourth-order valence-corrected chi connectivity index (χ4v) is 2.84. The maximum atomic E-state index is 12.6. The third-order valence-corrected chi connectivity index (χ3v) is 4.31. The summed E-state index contributed by atoms with van der Waals surface area (Å²) in [5, 5.41) is 9.06. The van der Waals surface area contributed by atoms with Gasteiger partial charge in [-0.25, -0.2) is 0 Å². The van der Waals surface area contributed by atoms with E-state index in [0.29, 0.717) is 19.6 Å². The molecule has 22 heavy (non-hydrogen) atoms. The van der Waals surface area contributed by atoms with E-state index in [9.17, 15) is 9.59 Å². The molecule has 1 amide bonds. The molecule has 1 aliphatic heterocycles. The van der Waals surface area contributed by atoms with Crippen LogP contribution in [0.5, 0.6) is 5.75 Å². The number of nitrogens with zero attached hydrogens (tertiary/aromatic N) is 1. The van der Waals surface area contributed by atoms with Crippen molar-refractivity contribution in [2.75, 3.05) is 13.2 Å². The molecule has 118 valence electrons. The maximum absolute atomic E-state index is 12.6. The maximum Gasteiger partial charge on any atom is 0.308 e. The van der Waals surface area contributed by atoms with Gasteiger partial charge in [-0.2, -0.15) is 0 Å². The zero-order valence-corrected chi connectivity index (χ0v) is 12.7. The molecule has 1 fully saturated rings. The lowest BCUT2D eigenvalue weighted by Crippen LogP contribution is -2.39. The van der Waals surface area contributed by atoms with Crippen molar-refractivity contribution in [1.29, 1.82) is 0 Å². The van der Waals surface area contributed by atoms with Crippen LogP contribution in [0.1, 0.15) is 30.9 Å². The van der Waals surface area contributed by atoms with E-state index in [-0.39, 0.29) is 11.9 Å². The molecule has 5 nitrogen and oxygen atoms in total. The van der Waals surface area contributed by atoms with E-state index < -0.39 is 11.9 Å². The third-order valence-electron chi connectivity index (χ3n) is 4.31. The highest BCUT2D eigenvalue weighted by atomic mass is 16.5. The first-order valence-electron chi connectivity index (χ1n) is 7.81. The molecule has 2 aliphatic rings. The Labute approximate surface area is 129 Å². The average Bonchev–Trinajstić information content (AvgIpc) is 3.21. The van der Waals surface area contributed by atoms with Gasteiger partial charge in [0.2, 0.25) is 5.91 Å².